The molecule has 158 valence electrons. The zero-order valence-corrected chi connectivity index (χ0v) is 17.6. The van der Waals surface area contributed by atoms with Crippen LogP contribution < -0.4 is 16.4 Å². The van der Waals surface area contributed by atoms with E-state index in [1.165, 1.54) is 24.6 Å². The monoisotopic (exact) mass is 413 g/mol. The summed E-state index contributed by atoms with van der Waals surface area (Å²) in [5.41, 5.74) is 12.8. The summed E-state index contributed by atoms with van der Waals surface area (Å²) >= 11 is 0. The summed E-state index contributed by atoms with van der Waals surface area (Å²) in [7, 11) is 0. The van der Waals surface area contributed by atoms with Gasteiger partial charge in [-0.05, 0) is 60.6 Å². The Morgan fingerprint density at radius 3 is 2.77 bits per heavy atom. The Labute approximate surface area is 182 Å². The van der Waals surface area contributed by atoms with Gasteiger partial charge in [0.1, 0.15) is 0 Å². The molecule has 1 fully saturated rings. The van der Waals surface area contributed by atoms with Crippen molar-refractivity contribution >= 4 is 23.6 Å². The molecule has 0 saturated heterocycles. The first-order valence-corrected chi connectivity index (χ1v) is 10.6. The smallest absolute Gasteiger partial charge is 0.319 e. The number of hydrogen-bond acceptors (Lipinski definition) is 4. The molecule has 0 bridgehead atoms. The van der Waals surface area contributed by atoms with Crippen molar-refractivity contribution < 1.29 is 4.79 Å². The number of nitrogens with one attached hydrogen (secondary N) is 3. The van der Waals surface area contributed by atoms with Crippen LogP contribution in [0.2, 0.25) is 0 Å². The van der Waals surface area contributed by atoms with E-state index in [1.807, 2.05) is 25.1 Å². The number of nitrogens with two attached hydrogens (primary N) is 1. The molecule has 0 spiro atoms. The number of pyridine rings is 1. The van der Waals surface area contributed by atoms with Crippen LogP contribution in [0, 0.1) is 5.41 Å². The van der Waals surface area contributed by atoms with Gasteiger partial charge in [-0.2, -0.15) is 0 Å². The molecule has 2 aromatic carbocycles. The molecule has 0 aliphatic heterocycles. The van der Waals surface area contributed by atoms with Crippen LogP contribution in [-0.4, -0.2) is 23.8 Å². The summed E-state index contributed by atoms with van der Waals surface area (Å²) in [4.78, 5) is 16.9. The predicted octanol–water partition coefficient (Wildman–Crippen LogP) is 5.40. The van der Waals surface area contributed by atoms with E-state index in [-0.39, 0.29) is 6.03 Å². The van der Waals surface area contributed by atoms with Crippen LogP contribution in [0.1, 0.15) is 43.2 Å². The van der Waals surface area contributed by atoms with Crippen molar-refractivity contribution in [2.75, 3.05) is 17.6 Å². The van der Waals surface area contributed by atoms with Crippen molar-refractivity contribution in [1.29, 1.82) is 5.41 Å². The van der Waals surface area contributed by atoms with E-state index in [1.54, 1.807) is 12.3 Å². The summed E-state index contributed by atoms with van der Waals surface area (Å²) in [5, 5.41) is 13.3. The third kappa shape index (κ3) is 4.74. The fourth-order valence-corrected chi connectivity index (χ4v) is 3.62. The number of nitrogens with zero attached hydrogens (tertiary/aromatic N) is 1. The third-order valence-corrected chi connectivity index (χ3v) is 5.44. The lowest BCUT2D eigenvalue weighted by Crippen LogP contribution is -2.29. The molecule has 1 aromatic heterocycles. The number of carbonyl (C=O) groups is 1. The minimum Gasteiger partial charge on any atom is -0.398 e. The largest absolute Gasteiger partial charge is 0.398 e. The van der Waals surface area contributed by atoms with Gasteiger partial charge in [-0.25, -0.2) is 4.79 Å². The maximum atomic E-state index is 12.1. The van der Waals surface area contributed by atoms with Gasteiger partial charge in [-0.3, -0.25) is 4.98 Å². The maximum absolute atomic E-state index is 12.1. The number of benzene rings is 2. The minimum absolute atomic E-state index is 0.254. The second-order valence-electron chi connectivity index (χ2n) is 7.89. The fourth-order valence-electron chi connectivity index (χ4n) is 3.62. The van der Waals surface area contributed by atoms with Crippen molar-refractivity contribution in [2.24, 2.45) is 0 Å². The second-order valence-corrected chi connectivity index (χ2v) is 7.89. The van der Waals surface area contributed by atoms with Gasteiger partial charge in [0.2, 0.25) is 0 Å². The van der Waals surface area contributed by atoms with Crippen LogP contribution in [0.4, 0.5) is 16.2 Å². The number of rotatable bonds is 7. The van der Waals surface area contributed by atoms with E-state index in [9.17, 15) is 4.79 Å². The zero-order valence-electron chi connectivity index (χ0n) is 17.6. The molecule has 5 N–H and O–H groups in total. The molecule has 1 saturated carbocycles. The molecule has 1 heterocycles. The predicted molar refractivity (Wildman–Crippen MR) is 127 cm³/mol. The highest BCUT2D eigenvalue weighted by Gasteiger charge is 2.24. The quantitative estimate of drug-likeness (QED) is 0.308. The Morgan fingerprint density at radius 1 is 1.19 bits per heavy atom. The van der Waals surface area contributed by atoms with E-state index < -0.39 is 0 Å². The highest BCUT2D eigenvalue weighted by molar-refractivity contribution is 5.93. The van der Waals surface area contributed by atoms with E-state index in [0.717, 1.165) is 28.8 Å². The molecule has 0 atom stereocenters. The van der Waals surface area contributed by atoms with E-state index in [0.29, 0.717) is 29.4 Å². The molecule has 0 unspecified atom stereocenters. The number of hydrogen-bond donors (Lipinski definition) is 4. The van der Waals surface area contributed by atoms with Crippen molar-refractivity contribution in [2.45, 2.75) is 32.1 Å². The highest BCUT2D eigenvalue weighted by atomic mass is 16.2. The maximum Gasteiger partial charge on any atom is 0.319 e. The van der Waals surface area contributed by atoms with Gasteiger partial charge in [-0.1, -0.05) is 31.2 Å². The molecular weight excluding hydrogens is 386 g/mol. The van der Waals surface area contributed by atoms with Crippen molar-refractivity contribution in [3.05, 3.63) is 65.9 Å². The zero-order chi connectivity index (χ0) is 21.8. The molecule has 0 radical (unpaired) electrons. The highest BCUT2D eigenvalue weighted by Crippen LogP contribution is 2.42. The van der Waals surface area contributed by atoms with Crippen LogP contribution >= 0.6 is 0 Å². The van der Waals surface area contributed by atoms with E-state index >= 15 is 0 Å². The molecule has 6 heteroatoms. The van der Waals surface area contributed by atoms with E-state index in [2.05, 4.69) is 34.9 Å². The van der Waals surface area contributed by atoms with Crippen molar-refractivity contribution in [3.8, 4) is 22.4 Å². The van der Waals surface area contributed by atoms with Crippen LogP contribution in [0.3, 0.4) is 0 Å². The molecule has 4 rings (SSSR count). The van der Waals surface area contributed by atoms with Crippen molar-refractivity contribution in [3.63, 3.8) is 0 Å². The number of carbonyl (C=O) groups excluding carboxylic acids is 1. The lowest BCUT2D eigenvalue weighted by molar-refractivity contribution is 0.252. The number of amides is 2. The molecule has 2 amide bonds. The van der Waals surface area contributed by atoms with Gasteiger partial charge in [0, 0.05) is 35.1 Å². The lowest BCUT2D eigenvalue weighted by Gasteiger charge is -2.14. The molecule has 1 aliphatic rings. The Bertz CT molecular complexity index is 1120. The third-order valence-electron chi connectivity index (χ3n) is 5.44. The molecule has 31 heavy (non-hydrogen) atoms. The summed E-state index contributed by atoms with van der Waals surface area (Å²) in [5.74, 6) is 0.646. The van der Waals surface area contributed by atoms with Crippen LogP contribution in [0.15, 0.2) is 54.7 Å². The van der Waals surface area contributed by atoms with Crippen LogP contribution in [0.25, 0.3) is 22.4 Å². The van der Waals surface area contributed by atoms with E-state index in [4.69, 9.17) is 16.1 Å². The Morgan fingerprint density at radius 2 is 2.03 bits per heavy atom. The Balaban J connectivity index is 1.77. The van der Waals surface area contributed by atoms with Gasteiger partial charge in [0.25, 0.3) is 0 Å². The molecule has 3 aromatic rings. The normalized spacial score (nSPS) is 12.9. The summed E-state index contributed by atoms with van der Waals surface area (Å²) < 4.78 is 0. The summed E-state index contributed by atoms with van der Waals surface area (Å²) in [6.45, 7) is 2.62. The first kappa shape index (κ1) is 20.6. The molecular formula is C25H27N5O. The topological polar surface area (TPSA) is 104 Å². The average Bonchev–Trinajstić information content (AvgIpc) is 3.64. The van der Waals surface area contributed by atoms with Gasteiger partial charge < -0.3 is 21.8 Å². The summed E-state index contributed by atoms with van der Waals surface area (Å²) in [6.07, 6.45) is 6.27. The second kappa shape index (κ2) is 9.00. The van der Waals surface area contributed by atoms with Gasteiger partial charge in [0.15, 0.2) is 0 Å². The first-order chi connectivity index (χ1) is 15.1. The van der Waals surface area contributed by atoms with Crippen molar-refractivity contribution in [1.82, 2.24) is 10.3 Å². The number of nitrogen functional groups attached to an aromatic ring is 1. The van der Waals surface area contributed by atoms with Gasteiger partial charge >= 0.3 is 6.03 Å². The molecule has 1 aliphatic carbocycles. The van der Waals surface area contributed by atoms with Crippen LogP contribution in [0.5, 0.6) is 0 Å². The first-order valence-electron chi connectivity index (χ1n) is 10.6. The standard InChI is InChI=1S/C25H27N5O/c1-2-10-28-25(31)30-21-13-22(18-8-9-23(27)20(12-18)14-26)24(29-15-21)19-5-3-4-17(11-19)16-6-7-16/h3-5,8-9,11-16,26H,2,6-7,10,27H2,1H3,(H2,28,30,31). The Kier molecular flexibility index (Phi) is 5.98. The SMILES string of the molecule is CCCNC(=O)Nc1cnc(-c2cccc(C3CC3)c2)c(-c2ccc(N)c(C=N)c2)c1. The Hall–Kier alpha value is -3.67. The fraction of sp³-hybridized carbons (Fsp3) is 0.240. The number of aromatic nitrogens is 1. The molecule has 6 nitrogen and oxygen atoms in total. The number of urea groups is 1. The average molecular weight is 414 g/mol. The van der Waals surface area contributed by atoms with Gasteiger partial charge in [0.05, 0.1) is 17.6 Å². The number of anilines is 2. The minimum atomic E-state index is -0.254. The lowest BCUT2D eigenvalue weighted by atomic mass is 9.95. The van der Waals surface area contributed by atoms with Crippen LogP contribution in [-0.2, 0) is 0 Å². The summed E-state index contributed by atoms with van der Waals surface area (Å²) in [6, 6.07) is 15.8. The van der Waals surface area contributed by atoms with Gasteiger partial charge in [-0.15, -0.1) is 0 Å².